The van der Waals surface area contributed by atoms with Gasteiger partial charge in [0.2, 0.25) is 5.91 Å². The van der Waals surface area contributed by atoms with E-state index in [2.05, 4.69) is 21.3 Å². The summed E-state index contributed by atoms with van der Waals surface area (Å²) in [6.07, 6.45) is 2.52. The Balaban J connectivity index is 1.50. The number of carbonyl (C=O) groups is 2. The molecule has 1 aliphatic rings. The van der Waals surface area contributed by atoms with Gasteiger partial charge in [0, 0.05) is 35.6 Å². The first-order chi connectivity index (χ1) is 15.6. The summed E-state index contributed by atoms with van der Waals surface area (Å²) >= 11 is 0. The number of hydroxylamine groups is 1. The van der Waals surface area contributed by atoms with Crippen LogP contribution in [-0.4, -0.2) is 28.0 Å². The second-order valence-corrected chi connectivity index (χ2v) is 7.85. The maximum absolute atomic E-state index is 13.2. The summed E-state index contributed by atoms with van der Waals surface area (Å²) in [5, 5.41) is 13.0. The summed E-state index contributed by atoms with van der Waals surface area (Å²) < 4.78 is 0. The molecule has 7 nitrogen and oxygen atoms in total. The molecule has 160 valence electrons. The van der Waals surface area contributed by atoms with Gasteiger partial charge in [-0.1, -0.05) is 42.5 Å². The zero-order chi connectivity index (χ0) is 22.1. The minimum absolute atomic E-state index is 0.0507. The van der Waals surface area contributed by atoms with E-state index in [0.717, 1.165) is 33.4 Å². The third-order valence-electron chi connectivity index (χ3n) is 5.91. The minimum Gasteiger partial charge on any atom is -0.361 e. The fourth-order valence-electron chi connectivity index (χ4n) is 4.29. The lowest BCUT2D eigenvalue weighted by Crippen LogP contribution is -2.49. The SMILES string of the molecule is O=C(NO)c1ccc(CN2c3ccccc3NC(=O)[C@@H]2Cc2c[nH]c3ccccc23)cc1. The Hall–Kier alpha value is -4.10. The summed E-state index contributed by atoms with van der Waals surface area (Å²) in [5.74, 6) is -0.610. The molecular weight excluding hydrogens is 404 g/mol. The van der Waals surface area contributed by atoms with E-state index in [-0.39, 0.29) is 5.91 Å². The van der Waals surface area contributed by atoms with Gasteiger partial charge in [-0.05, 0) is 41.5 Å². The fraction of sp³-hybridized carbons (Fsp3) is 0.120. The Bertz CT molecular complexity index is 1300. The average Bonchev–Trinajstić information content (AvgIpc) is 3.24. The van der Waals surface area contributed by atoms with Gasteiger partial charge < -0.3 is 15.2 Å². The van der Waals surface area contributed by atoms with Crippen LogP contribution in [-0.2, 0) is 17.8 Å². The molecule has 5 rings (SSSR count). The highest BCUT2D eigenvalue weighted by Crippen LogP contribution is 2.35. The number of aromatic amines is 1. The van der Waals surface area contributed by atoms with Crippen molar-refractivity contribution in [3.05, 3.63) is 95.7 Å². The maximum Gasteiger partial charge on any atom is 0.274 e. The lowest BCUT2D eigenvalue weighted by atomic mass is 9.98. The maximum atomic E-state index is 13.2. The van der Waals surface area contributed by atoms with E-state index in [1.54, 1.807) is 17.6 Å². The first kappa shape index (κ1) is 19.8. The van der Waals surface area contributed by atoms with Crippen LogP contribution in [0.25, 0.3) is 10.9 Å². The van der Waals surface area contributed by atoms with Crippen molar-refractivity contribution in [2.75, 3.05) is 10.2 Å². The van der Waals surface area contributed by atoms with Crippen LogP contribution in [0.3, 0.4) is 0 Å². The fourth-order valence-corrected chi connectivity index (χ4v) is 4.29. The predicted octanol–water partition coefficient (Wildman–Crippen LogP) is 3.86. The van der Waals surface area contributed by atoms with Gasteiger partial charge >= 0.3 is 0 Å². The zero-order valence-corrected chi connectivity index (χ0v) is 17.2. The van der Waals surface area contributed by atoms with Crippen LogP contribution in [0.5, 0.6) is 0 Å². The van der Waals surface area contributed by atoms with Crippen molar-refractivity contribution in [1.82, 2.24) is 10.5 Å². The van der Waals surface area contributed by atoms with Crippen LogP contribution in [0.1, 0.15) is 21.5 Å². The average molecular weight is 426 g/mol. The molecule has 0 fully saturated rings. The van der Waals surface area contributed by atoms with Crippen molar-refractivity contribution in [3.8, 4) is 0 Å². The molecule has 0 unspecified atom stereocenters. The number of nitrogens with zero attached hydrogens (tertiary/aromatic N) is 1. The molecule has 0 bridgehead atoms. The van der Waals surface area contributed by atoms with Crippen LogP contribution < -0.4 is 15.7 Å². The highest BCUT2D eigenvalue weighted by molar-refractivity contribution is 6.04. The Morgan fingerprint density at radius 1 is 1.00 bits per heavy atom. The summed E-state index contributed by atoms with van der Waals surface area (Å²) in [6.45, 7) is 0.498. The third-order valence-corrected chi connectivity index (χ3v) is 5.91. The van der Waals surface area contributed by atoms with Crippen LogP contribution >= 0.6 is 0 Å². The van der Waals surface area contributed by atoms with Crippen molar-refractivity contribution in [1.29, 1.82) is 0 Å². The Labute approximate surface area is 184 Å². The van der Waals surface area contributed by atoms with Crippen LogP contribution in [0.2, 0.25) is 0 Å². The van der Waals surface area contributed by atoms with E-state index in [9.17, 15) is 9.59 Å². The van der Waals surface area contributed by atoms with Crippen molar-refractivity contribution in [2.45, 2.75) is 19.0 Å². The molecule has 4 N–H and O–H groups in total. The summed E-state index contributed by atoms with van der Waals surface area (Å²) in [4.78, 5) is 30.2. The Morgan fingerprint density at radius 2 is 1.75 bits per heavy atom. The molecule has 4 aromatic rings. The van der Waals surface area contributed by atoms with E-state index >= 15 is 0 Å². The van der Waals surface area contributed by atoms with E-state index in [1.807, 2.05) is 60.8 Å². The van der Waals surface area contributed by atoms with E-state index in [4.69, 9.17) is 5.21 Å². The van der Waals surface area contributed by atoms with Gasteiger partial charge in [0.25, 0.3) is 5.91 Å². The first-order valence-electron chi connectivity index (χ1n) is 10.4. The second kappa shape index (κ2) is 8.20. The lowest BCUT2D eigenvalue weighted by Gasteiger charge is -2.38. The number of benzene rings is 3. The van der Waals surface area contributed by atoms with E-state index in [1.165, 1.54) is 0 Å². The van der Waals surface area contributed by atoms with Crippen molar-refractivity contribution >= 4 is 34.1 Å². The van der Waals surface area contributed by atoms with Crippen molar-refractivity contribution in [3.63, 3.8) is 0 Å². The van der Waals surface area contributed by atoms with Gasteiger partial charge in [0.1, 0.15) is 6.04 Å². The lowest BCUT2D eigenvalue weighted by molar-refractivity contribution is -0.117. The van der Waals surface area contributed by atoms with Gasteiger partial charge in [-0.15, -0.1) is 0 Å². The van der Waals surface area contributed by atoms with Gasteiger partial charge in [-0.2, -0.15) is 0 Å². The quantitative estimate of drug-likeness (QED) is 0.288. The first-order valence-corrected chi connectivity index (χ1v) is 10.4. The smallest absolute Gasteiger partial charge is 0.274 e. The van der Waals surface area contributed by atoms with Crippen molar-refractivity contribution in [2.24, 2.45) is 0 Å². The normalized spacial score (nSPS) is 15.3. The number of fused-ring (bicyclic) bond motifs is 2. The predicted molar refractivity (Wildman–Crippen MR) is 123 cm³/mol. The minimum atomic E-state index is -0.559. The molecule has 0 spiro atoms. The van der Waals surface area contributed by atoms with E-state index < -0.39 is 11.9 Å². The number of nitrogens with one attached hydrogen (secondary N) is 3. The summed E-state index contributed by atoms with van der Waals surface area (Å²) in [5.41, 5.74) is 6.82. The van der Waals surface area contributed by atoms with Crippen molar-refractivity contribution < 1.29 is 14.8 Å². The van der Waals surface area contributed by atoms with Crippen LogP contribution in [0.15, 0.2) is 79.0 Å². The Kier molecular flexibility index (Phi) is 5.09. The monoisotopic (exact) mass is 426 g/mol. The molecule has 0 aliphatic carbocycles. The number of para-hydroxylation sites is 3. The number of hydrogen-bond acceptors (Lipinski definition) is 4. The summed E-state index contributed by atoms with van der Waals surface area (Å²) in [7, 11) is 0. The number of aromatic nitrogens is 1. The molecule has 1 atom stereocenters. The number of anilines is 2. The number of carbonyl (C=O) groups excluding carboxylic acids is 2. The summed E-state index contributed by atoms with van der Waals surface area (Å²) in [6, 6.07) is 22.4. The molecule has 0 radical (unpaired) electrons. The van der Waals surface area contributed by atoms with Crippen LogP contribution in [0.4, 0.5) is 11.4 Å². The molecule has 1 aromatic heterocycles. The number of H-pyrrole nitrogens is 1. The molecule has 3 aromatic carbocycles. The molecule has 1 aliphatic heterocycles. The topological polar surface area (TPSA) is 97.5 Å². The van der Waals surface area contributed by atoms with Gasteiger partial charge in [0.05, 0.1) is 11.4 Å². The van der Waals surface area contributed by atoms with Gasteiger partial charge in [0.15, 0.2) is 0 Å². The molecule has 2 amide bonds. The molecular formula is C25H22N4O3. The van der Waals surface area contributed by atoms with Gasteiger partial charge in [-0.3, -0.25) is 14.8 Å². The standard InChI is InChI=1S/C25H22N4O3/c30-24(28-32)17-11-9-16(10-12-17)15-29-22-8-4-3-7-21(22)27-25(31)23(29)13-18-14-26-20-6-2-1-5-19(18)20/h1-12,14,23,26,32H,13,15H2,(H,27,31)(H,28,30)/t23-/m0/s1. The van der Waals surface area contributed by atoms with Gasteiger partial charge in [-0.25, -0.2) is 5.48 Å². The van der Waals surface area contributed by atoms with E-state index in [0.29, 0.717) is 18.5 Å². The number of rotatable bonds is 5. The van der Waals surface area contributed by atoms with Crippen LogP contribution in [0, 0.1) is 0 Å². The molecule has 2 heterocycles. The molecule has 0 saturated heterocycles. The second-order valence-electron chi connectivity index (χ2n) is 7.85. The zero-order valence-electron chi connectivity index (χ0n) is 17.2. The highest BCUT2D eigenvalue weighted by atomic mass is 16.5. The molecule has 32 heavy (non-hydrogen) atoms. The molecule has 0 saturated carbocycles. The third kappa shape index (κ3) is 3.59. The largest absolute Gasteiger partial charge is 0.361 e. The number of amides is 2. The Morgan fingerprint density at radius 3 is 2.56 bits per heavy atom. The number of hydrogen-bond donors (Lipinski definition) is 4. The molecule has 7 heteroatoms. The highest BCUT2D eigenvalue weighted by Gasteiger charge is 2.33.